The number of carbonyl (C=O) groups is 1. The predicted molar refractivity (Wildman–Crippen MR) is 50.2 cm³/mol. The van der Waals surface area contributed by atoms with Gasteiger partial charge in [-0.05, 0) is 25.8 Å². The van der Waals surface area contributed by atoms with Crippen LogP contribution in [-0.2, 0) is 9.53 Å². The summed E-state index contributed by atoms with van der Waals surface area (Å²) in [5.74, 6) is 0.501. The van der Waals surface area contributed by atoms with E-state index in [-0.39, 0.29) is 5.97 Å². The fraction of sp³-hybridized carbons (Fsp3) is 0.889. The summed E-state index contributed by atoms with van der Waals surface area (Å²) in [6.45, 7) is 0.965. The van der Waals surface area contributed by atoms with Crippen LogP contribution in [0.4, 0.5) is 0 Å². The summed E-state index contributed by atoms with van der Waals surface area (Å²) in [6, 6.07) is 0.346. The van der Waals surface area contributed by atoms with Gasteiger partial charge in [0.25, 0.3) is 0 Å². The number of ether oxygens (including phenoxy) is 1. The highest BCUT2D eigenvalue weighted by molar-refractivity contribution is 5.71. The van der Waals surface area contributed by atoms with Gasteiger partial charge in [0.2, 0.25) is 0 Å². The molecular weight excluding hydrogens is 168 g/mol. The highest BCUT2D eigenvalue weighted by atomic mass is 16.5. The van der Waals surface area contributed by atoms with Gasteiger partial charge in [0, 0.05) is 12.6 Å². The Morgan fingerprint density at radius 3 is 2.69 bits per heavy atom. The second-order valence-corrected chi connectivity index (χ2v) is 3.63. The molecule has 4 nitrogen and oxygen atoms in total. The minimum atomic E-state index is -0.193. The van der Waals surface area contributed by atoms with Gasteiger partial charge in [0.05, 0.1) is 13.7 Å². The molecule has 0 radical (unpaired) electrons. The summed E-state index contributed by atoms with van der Waals surface area (Å²) < 4.78 is 4.59. The maximum absolute atomic E-state index is 11.0. The molecule has 1 saturated carbocycles. The highest BCUT2D eigenvalue weighted by Gasteiger charge is 2.33. The first-order chi connectivity index (χ1) is 6.19. The quantitative estimate of drug-likeness (QED) is 0.606. The maximum Gasteiger partial charge on any atom is 0.319 e. The van der Waals surface area contributed by atoms with Gasteiger partial charge in [-0.2, -0.15) is 0 Å². The number of nitrogens with zero attached hydrogens (tertiary/aromatic N) is 1. The van der Waals surface area contributed by atoms with E-state index in [0.29, 0.717) is 25.0 Å². The van der Waals surface area contributed by atoms with Crippen LogP contribution < -0.4 is 5.73 Å². The molecule has 0 bridgehead atoms. The SMILES string of the molecule is COC(=O)CN(C)C(CN)C1CC1. The van der Waals surface area contributed by atoms with Crippen molar-refractivity contribution in [2.24, 2.45) is 11.7 Å². The molecule has 1 unspecified atom stereocenters. The summed E-state index contributed by atoms with van der Waals surface area (Å²) in [5.41, 5.74) is 5.64. The van der Waals surface area contributed by atoms with Gasteiger partial charge in [-0.1, -0.05) is 0 Å². The number of esters is 1. The van der Waals surface area contributed by atoms with E-state index in [1.807, 2.05) is 11.9 Å². The van der Waals surface area contributed by atoms with Crippen molar-refractivity contribution in [3.05, 3.63) is 0 Å². The standard InChI is InChI=1S/C9H18N2O2/c1-11(6-9(12)13-2)8(5-10)7-3-4-7/h7-8H,3-6,10H2,1-2H3. The lowest BCUT2D eigenvalue weighted by molar-refractivity contribution is -0.142. The topological polar surface area (TPSA) is 55.6 Å². The van der Waals surface area contributed by atoms with Crippen LogP contribution in [0.5, 0.6) is 0 Å². The molecule has 0 aromatic heterocycles. The van der Waals surface area contributed by atoms with E-state index in [2.05, 4.69) is 4.74 Å². The van der Waals surface area contributed by atoms with Crippen molar-refractivity contribution in [2.75, 3.05) is 27.2 Å². The van der Waals surface area contributed by atoms with E-state index in [9.17, 15) is 4.79 Å². The molecule has 0 spiro atoms. The monoisotopic (exact) mass is 186 g/mol. The summed E-state index contributed by atoms with van der Waals surface area (Å²) in [6.07, 6.45) is 2.49. The third kappa shape index (κ3) is 2.97. The van der Waals surface area contributed by atoms with E-state index in [1.165, 1.54) is 20.0 Å². The van der Waals surface area contributed by atoms with Gasteiger partial charge in [-0.25, -0.2) is 0 Å². The largest absolute Gasteiger partial charge is 0.468 e. The normalized spacial score (nSPS) is 18.8. The van der Waals surface area contributed by atoms with Crippen molar-refractivity contribution >= 4 is 5.97 Å². The minimum absolute atomic E-state index is 0.193. The maximum atomic E-state index is 11.0. The second-order valence-electron chi connectivity index (χ2n) is 3.63. The number of hydrogen-bond acceptors (Lipinski definition) is 4. The fourth-order valence-corrected chi connectivity index (χ4v) is 1.60. The fourth-order valence-electron chi connectivity index (χ4n) is 1.60. The highest BCUT2D eigenvalue weighted by Crippen LogP contribution is 2.34. The molecule has 1 fully saturated rings. The zero-order valence-corrected chi connectivity index (χ0v) is 8.32. The number of likely N-dealkylation sites (N-methyl/N-ethyl adjacent to an activating group) is 1. The Balaban J connectivity index is 2.34. The first-order valence-electron chi connectivity index (χ1n) is 4.66. The van der Waals surface area contributed by atoms with E-state index in [1.54, 1.807) is 0 Å². The number of nitrogens with two attached hydrogens (primary N) is 1. The van der Waals surface area contributed by atoms with Crippen molar-refractivity contribution in [2.45, 2.75) is 18.9 Å². The Hall–Kier alpha value is -0.610. The molecule has 1 rings (SSSR count). The average Bonchev–Trinajstić information content (AvgIpc) is 2.89. The van der Waals surface area contributed by atoms with Gasteiger partial charge >= 0.3 is 5.97 Å². The molecule has 76 valence electrons. The lowest BCUT2D eigenvalue weighted by Crippen LogP contribution is -2.42. The number of carbonyl (C=O) groups excluding carboxylic acids is 1. The van der Waals surface area contributed by atoms with Crippen molar-refractivity contribution in [3.8, 4) is 0 Å². The van der Waals surface area contributed by atoms with Crippen molar-refractivity contribution in [1.29, 1.82) is 0 Å². The van der Waals surface area contributed by atoms with Crippen molar-refractivity contribution < 1.29 is 9.53 Å². The van der Waals surface area contributed by atoms with Gasteiger partial charge in [-0.15, -0.1) is 0 Å². The van der Waals surface area contributed by atoms with Crippen LogP contribution in [0, 0.1) is 5.92 Å². The molecule has 0 aromatic carbocycles. The van der Waals surface area contributed by atoms with Crippen molar-refractivity contribution in [1.82, 2.24) is 4.90 Å². The number of methoxy groups -OCH3 is 1. The Bertz CT molecular complexity index is 180. The number of hydrogen-bond donors (Lipinski definition) is 1. The van der Waals surface area contributed by atoms with Crippen LogP contribution in [0.25, 0.3) is 0 Å². The van der Waals surface area contributed by atoms with Gasteiger partial charge in [-0.3, -0.25) is 9.69 Å². The van der Waals surface area contributed by atoms with E-state index >= 15 is 0 Å². The Labute approximate surface area is 79.0 Å². The summed E-state index contributed by atoms with van der Waals surface area (Å²) in [7, 11) is 3.33. The molecule has 0 heterocycles. The van der Waals surface area contributed by atoms with Crippen molar-refractivity contribution in [3.63, 3.8) is 0 Å². The Kier molecular flexibility index (Phi) is 3.69. The number of rotatable bonds is 5. The van der Waals surface area contributed by atoms with Crippen LogP contribution in [-0.4, -0.2) is 44.2 Å². The smallest absolute Gasteiger partial charge is 0.319 e. The Morgan fingerprint density at radius 2 is 2.31 bits per heavy atom. The predicted octanol–water partition coefficient (Wildman–Crippen LogP) is -0.171. The van der Waals surface area contributed by atoms with E-state index in [4.69, 9.17) is 5.73 Å². The third-order valence-electron chi connectivity index (χ3n) is 2.58. The summed E-state index contributed by atoms with van der Waals surface area (Å²) in [4.78, 5) is 13.0. The first-order valence-corrected chi connectivity index (χ1v) is 4.66. The molecule has 0 aromatic rings. The third-order valence-corrected chi connectivity index (χ3v) is 2.58. The average molecular weight is 186 g/mol. The van der Waals surface area contributed by atoms with Crippen LogP contribution in [0.3, 0.4) is 0 Å². The molecule has 0 aliphatic heterocycles. The van der Waals surface area contributed by atoms with Gasteiger partial charge in [0.15, 0.2) is 0 Å². The Morgan fingerprint density at radius 1 is 1.69 bits per heavy atom. The zero-order valence-electron chi connectivity index (χ0n) is 8.32. The van der Waals surface area contributed by atoms with Gasteiger partial charge < -0.3 is 10.5 Å². The molecule has 1 aliphatic rings. The molecule has 4 heteroatoms. The molecule has 13 heavy (non-hydrogen) atoms. The first kappa shape index (κ1) is 10.5. The molecular formula is C9H18N2O2. The van der Waals surface area contributed by atoms with E-state index < -0.39 is 0 Å². The van der Waals surface area contributed by atoms with Gasteiger partial charge in [0.1, 0.15) is 0 Å². The lowest BCUT2D eigenvalue weighted by atomic mass is 10.1. The van der Waals surface area contributed by atoms with E-state index in [0.717, 1.165) is 0 Å². The van der Waals surface area contributed by atoms with Crippen LogP contribution in [0.1, 0.15) is 12.8 Å². The molecule has 2 N–H and O–H groups in total. The zero-order chi connectivity index (χ0) is 9.84. The van der Waals surface area contributed by atoms with Crippen LogP contribution in [0.2, 0.25) is 0 Å². The molecule has 0 saturated heterocycles. The molecule has 1 aliphatic carbocycles. The summed E-state index contributed by atoms with van der Waals surface area (Å²) in [5, 5.41) is 0. The lowest BCUT2D eigenvalue weighted by Gasteiger charge is -2.25. The van der Waals surface area contributed by atoms with Crippen LogP contribution >= 0.6 is 0 Å². The molecule has 0 amide bonds. The minimum Gasteiger partial charge on any atom is -0.468 e. The molecule has 1 atom stereocenters. The summed E-state index contributed by atoms with van der Waals surface area (Å²) >= 11 is 0. The second kappa shape index (κ2) is 4.58. The van der Waals surface area contributed by atoms with Crippen LogP contribution in [0.15, 0.2) is 0 Å².